The monoisotopic (exact) mass is 340 g/mol. The lowest BCUT2D eigenvalue weighted by molar-refractivity contribution is -0.137. The van der Waals surface area contributed by atoms with Crippen molar-refractivity contribution < 1.29 is 13.2 Å². The summed E-state index contributed by atoms with van der Waals surface area (Å²) >= 11 is 17.5. The van der Waals surface area contributed by atoms with Crippen LogP contribution in [0.1, 0.15) is 5.56 Å². The van der Waals surface area contributed by atoms with Crippen molar-refractivity contribution >= 4 is 40.5 Å². The highest BCUT2D eigenvalue weighted by molar-refractivity contribution is 6.48. The molecule has 0 bridgehead atoms. The highest BCUT2D eigenvalue weighted by Gasteiger charge is 2.31. The second-order valence-electron chi connectivity index (χ2n) is 3.91. The fraction of sp³-hybridized carbons (Fsp3) is 0.0833. The standard InChI is InChI=1S/C12H6Cl3F3N2/c13-7-1-5(2-8(14)10(7)15)11-9(19)3-6(4-20-11)12(16,17)18/h1-4H,19H2. The Hall–Kier alpha value is -1.17. The number of halogens is 6. The zero-order valence-electron chi connectivity index (χ0n) is 9.60. The van der Waals surface area contributed by atoms with Gasteiger partial charge in [0.2, 0.25) is 0 Å². The number of anilines is 1. The Kier molecular flexibility index (Phi) is 4.04. The van der Waals surface area contributed by atoms with Crippen LogP contribution in [0.25, 0.3) is 11.3 Å². The number of benzene rings is 1. The molecule has 0 atom stereocenters. The normalized spacial score (nSPS) is 11.7. The summed E-state index contributed by atoms with van der Waals surface area (Å²) in [7, 11) is 0. The minimum absolute atomic E-state index is 0.130. The number of rotatable bonds is 1. The molecule has 2 rings (SSSR count). The number of pyridine rings is 1. The smallest absolute Gasteiger partial charge is 0.397 e. The SMILES string of the molecule is Nc1cc(C(F)(F)F)cnc1-c1cc(Cl)c(Cl)c(Cl)c1. The number of nitrogens with zero attached hydrogens (tertiary/aromatic N) is 1. The molecule has 0 amide bonds. The molecule has 0 unspecified atom stereocenters. The first-order valence-electron chi connectivity index (χ1n) is 5.18. The van der Waals surface area contributed by atoms with Gasteiger partial charge < -0.3 is 5.73 Å². The molecule has 2 N–H and O–H groups in total. The quantitative estimate of drug-likeness (QED) is 0.714. The largest absolute Gasteiger partial charge is 0.417 e. The van der Waals surface area contributed by atoms with E-state index in [0.29, 0.717) is 11.8 Å². The van der Waals surface area contributed by atoms with E-state index in [0.717, 1.165) is 6.07 Å². The molecular weight excluding hydrogens is 335 g/mol. The number of aromatic nitrogens is 1. The molecule has 0 saturated carbocycles. The summed E-state index contributed by atoms with van der Waals surface area (Å²) in [5.41, 5.74) is 5.09. The van der Waals surface area contributed by atoms with Gasteiger partial charge in [0.25, 0.3) is 0 Å². The number of hydrogen-bond donors (Lipinski definition) is 1. The molecule has 1 aromatic heterocycles. The second-order valence-corrected chi connectivity index (χ2v) is 5.11. The first-order valence-corrected chi connectivity index (χ1v) is 6.31. The molecule has 1 aromatic carbocycles. The molecular formula is C12H6Cl3F3N2. The third-order valence-electron chi connectivity index (χ3n) is 2.50. The molecule has 2 aromatic rings. The topological polar surface area (TPSA) is 38.9 Å². The van der Waals surface area contributed by atoms with Gasteiger partial charge in [0.05, 0.1) is 32.0 Å². The molecule has 0 saturated heterocycles. The maximum Gasteiger partial charge on any atom is 0.417 e. The molecule has 0 spiro atoms. The number of nitrogens with two attached hydrogens (primary N) is 1. The molecule has 1 heterocycles. The van der Waals surface area contributed by atoms with E-state index in [1.165, 1.54) is 12.1 Å². The van der Waals surface area contributed by atoms with Crippen LogP contribution in [0.2, 0.25) is 15.1 Å². The fourth-order valence-electron chi connectivity index (χ4n) is 1.57. The Morgan fingerprint density at radius 3 is 2.00 bits per heavy atom. The van der Waals surface area contributed by atoms with Crippen LogP contribution in [0, 0.1) is 0 Å². The van der Waals surface area contributed by atoms with Crippen LogP contribution in [-0.4, -0.2) is 4.98 Å². The van der Waals surface area contributed by atoms with Gasteiger partial charge in [0.1, 0.15) is 0 Å². The maximum absolute atomic E-state index is 12.5. The van der Waals surface area contributed by atoms with Crippen LogP contribution < -0.4 is 5.73 Å². The van der Waals surface area contributed by atoms with Crippen molar-refractivity contribution in [2.24, 2.45) is 0 Å². The van der Waals surface area contributed by atoms with Gasteiger partial charge in [0, 0.05) is 11.8 Å². The van der Waals surface area contributed by atoms with E-state index in [2.05, 4.69) is 4.98 Å². The zero-order chi connectivity index (χ0) is 15.1. The molecule has 20 heavy (non-hydrogen) atoms. The predicted octanol–water partition coefficient (Wildman–Crippen LogP) is 5.31. The van der Waals surface area contributed by atoms with E-state index in [4.69, 9.17) is 40.5 Å². The number of hydrogen-bond acceptors (Lipinski definition) is 2. The highest BCUT2D eigenvalue weighted by atomic mass is 35.5. The van der Waals surface area contributed by atoms with Crippen LogP contribution in [0.4, 0.5) is 18.9 Å². The van der Waals surface area contributed by atoms with E-state index in [9.17, 15) is 13.2 Å². The van der Waals surface area contributed by atoms with Gasteiger partial charge in [0.15, 0.2) is 0 Å². The van der Waals surface area contributed by atoms with Crippen molar-refractivity contribution in [3.05, 3.63) is 45.0 Å². The second kappa shape index (κ2) is 5.31. The van der Waals surface area contributed by atoms with Gasteiger partial charge >= 0.3 is 6.18 Å². The van der Waals surface area contributed by atoms with Gasteiger partial charge in [-0.15, -0.1) is 0 Å². The lowest BCUT2D eigenvalue weighted by Crippen LogP contribution is -2.07. The minimum atomic E-state index is -4.51. The van der Waals surface area contributed by atoms with Crippen molar-refractivity contribution in [2.75, 3.05) is 5.73 Å². The van der Waals surface area contributed by atoms with Crippen molar-refractivity contribution in [2.45, 2.75) is 6.18 Å². The van der Waals surface area contributed by atoms with Crippen LogP contribution in [0.3, 0.4) is 0 Å². The molecule has 0 aliphatic rings. The first kappa shape index (κ1) is 15.2. The molecule has 0 fully saturated rings. The molecule has 106 valence electrons. The van der Waals surface area contributed by atoms with Crippen molar-refractivity contribution in [3.63, 3.8) is 0 Å². The molecule has 2 nitrogen and oxygen atoms in total. The third kappa shape index (κ3) is 2.95. The van der Waals surface area contributed by atoms with E-state index >= 15 is 0 Å². The number of nitrogen functional groups attached to an aromatic ring is 1. The van der Waals surface area contributed by atoms with E-state index in [1.807, 2.05) is 0 Å². The van der Waals surface area contributed by atoms with E-state index < -0.39 is 11.7 Å². The lowest BCUT2D eigenvalue weighted by atomic mass is 10.1. The van der Waals surface area contributed by atoms with Crippen LogP contribution in [0.15, 0.2) is 24.4 Å². The Morgan fingerprint density at radius 2 is 1.55 bits per heavy atom. The third-order valence-corrected chi connectivity index (χ3v) is 3.70. The van der Waals surface area contributed by atoms with Gasteiger partial charge in [-0.3, -0.25) is 4.98 Å². The number of alkyl halides is 3. The average molecular weight is 342 g/mol. The van der Waals surface area contributed by atoms with Crippen LogP contribution in [0.5, 0.6) is 0 Å². The summed E-state index contributed by atoms with van der Waals surface area (Å²) < 4.78 is 37.6. The summed E-state index contributed by atoms with van der Waals surface area (Å²) in [5.74, 6) is 0. The summed E-state index contributed by atoms with van der Waals surface area (Å²) in [6, 6.07) is 3.67. The Balaban J connectivity index is 2.54. The zero-order valence-corrected chi connectivity index (χ0v) is 11.9. The highest BCUT2D eigenvalue weighted by Crippen LogP contribution is 2.37. The van der Waals surface area contributed by atoms with E-state index in [-0.39, 0.29) is 26.4 Å². The Morgan fingerprint density at radius 1 is 1.00 bits per heavy atom. The summed E-state index contributed by atoms with van der Waals surface area (Å²) in [5, 5.41) is 0.480. The van der Waals surface area contributed by atoms with Crippen molar-refractivity contribution in [3.8, 4) is 11.3 Å². The molecule has 8 heteroatoms. The van der Waals surface area contributed by atoms with Gasteiger partial charge in [-0.25, -0.2) is 0 Å². The minimum Gasteiger partial charge on any atom is -0.397 e. The molecule has 0 aliphatic carbocycles. The first-order chi connectivity index (χ1) is 9.20. The lowest BCUT2D eigenvalue weighted by Gasteiger charge is -2.11. The summed E-state index contributed by atoms with van der Waals surface area (Å²) in [6.45, 7) is 0. The van der Waals surface area contributed by atoms with E-state index in [1.54, 1.807) is 0 Å². The molecule has 0 aliphatic heterocycles. The average Bonchev–Trinajstić information content (AvgIpc) is 2.34. The summed E-state index contributed by atoms with van der Waals surface area (Å²) in [6.07, 6.45) is -3.81. The van der Waals surface area contributed by atoms with Gasteiger partial charge in [-0.2, -0.15) is 13.2 Å². The molecule has 0 radical (unpaired) electrons. The van der Waals surface area contributed by atoms with Gasteiger partial charge in [-0.1, -0.05) is 34.8 Å². The Labute approximate surface area is 127 Å². The summed E-state index contributed by atoms with van der Waals surface area (Å²) in [4.78, 5) is 3.72. The van der Waals surface area contributed by atoms with Crippen LogP contribution in [-0.2, 0) is 6.18 Å². The maximum atomic E-state index is 12.5. The van der Waals surface area contributed by atoms with Crippen molar-refractivity contribution in [1.82, 2.24) is 4.98 Å². The predicted molar refractivity (Wildman–Crippen MR) is 74.1 cm³/mol. The fourth-order valence-corrected chi connectivity index (χ4v) is 2.17. The van der Waals surface area contributed by atoms with Crippen molar-refractivity contribution in [1.29, 1.82) is 0 Å². The Bertz CT molecular complexity index is 648. The van der Waals surface area contributed by atoms with Gasteiger partial charge in [-0.05, 0) is 18.2 Å². The van der Waals surface area contributed by atoms with Crippen LogP contribution >= 0.6 is 34.8 Å².